The van der Waals surface area contributed by atoms with Crippen LogP contribution in [-0.2, 0) is 33.4 Å². The molecule has 0 aromatic carbocycles. The van der Waals surface area contributed by atoms with Crippen molar-refractivity contribution in [3.05, 3.63) is 22.7 Å². The van der Waals surface area contributed by atoms with E-state index in [1.54, 1.807) is 0 Å². The summed E-state index contributed by atoms with van der Waals surface area (Å²) in [5, 5.41) is 35.3. The SMILES string of the molecule is COC(=O)CCC(=O)N[C@@H](CO)C(=O)N[C@H](C)C(=O)N1CCC[C@H]1C(=O)Nc1ccn(C2OC(CO)C(O)C2(F)F)c(=O)n1. The lowest BCUT2D eigenvalue weighted by Crippen LogP contribution is -2.56. The minimum absolute atomic E-state index is 0.141. The number of nitrogens with zero attached hydrogens (tertiary/aromatic N) is 3. The number of anilines is 1. The van der Waals surface area contributed by atoms with E-state index in [0.29, 0.717) is 11.0 Å². The predicted octanol–water partition coefficient (Wildman–Crippen LogP) is -3.01. The van der Waals surface area contributed by atoms with Gasteiger partial charge in [0.15, 0.2) is 6.10 Å². The number of aromatic nitrogens is 2. The number of likely N-dealkylation sites (tertiary alicyclic amines) is 1. The number of carbonyl (C=O) groups is 5. The van der Waals surface area contributed by atoms with Gasteiger partial charge in [-0.15, -0.1) is 0 Å². The van der Waals surface area contributed by atoms with Crippen molar-refractivity contribution in [2.75, 3.05) is 32.2 Å². The highest BCUT2D eigenvalue weighted by molar-refractivity contribution is 5.98. The smallest absolute Gasteiger partial charge is 0.351 e. The first-order valence-electron chi connectivity index (χ1n) is 13.5. The molecule has 244 valence electrons. The molecule has 6 N–H and O–H groups in total. The summed E-state index contributed by atoms with van der Waals surface area (Å²) in [7, 11) is 1.15. The molecule has 0 saturated carbocycles. The van der Waals surface area contributed by atoms with Crippen LogP contribution in [0.1, 0.15) is 38.8 Å². The molecule has 6 atom stereocenters. The average molecular weight is 633 g/mol. The zero-order chi connectivity index (χ0) is 32.8. The number of nitrogens with one attached hydrogen (secondary N) is 3. The maximum Gasteiger partial charge on any atom is 0.351 e. The lowest BCUT2D eigenvalue weighted by atomic mass is 10.1. The zero-order valence-electron chi connectivity index (χ0n) is 23.8. The molecule has 2 aliphatic rings. The quantitative estimate of drug-likeness (QED) is 0.126. The van der Waals surface area contributed by atoms with Crippen LogP contribution in [0.3, 0.4) is 0 Å². The van der Waals surface area contributed by atoms with Crippen LogP contribution in [0.5, 0.6) is 0 Å². The Hall–Kier alpha value is -4.07. The molecule has 0 aliphatic carbocycles. The van der Waals surface area contributed by atoms with Crippen molar-refractivity contribution in [1.82, 2.24) is 25.1 Å². The van der Waals surface area contributed by atoms with E-state index in [-0.39, 0.29) is 31.6 Å². The Balaban J connectivity index is 1.61. The van der Waals surface area contributed by atoms with Gasteiger partial charge in [-0.3, -0.25) is 28.5 Å². The molecule has 1 aromatic rings. The molecule has 44 heavy (non-hydrogen) atoms. The number of hydrogen-bond donors (Lipinski definition) is 6. The maximum atomic E-state index is 14.4. The molecule has 0 bridgehead atoms. The number of rotatable bonds is 12. The van der Waals surface area contributed by atoms with Gasteiger partial charge in [0.05, 0.1) is 26.7 Å². The Bertz CT molecular complexity index is 1310. The number of hydrogen-bond acceptors (Lipinski definition) is 12. The third-order valence-electron chi connectivity index (χ3n) is 7.08. The zero-order valence-corrected chi connectivity index (χ0v) is 23.8. The lowest BCUT2D eigenvalue weighted by Gasteiger charge is -2.28. The molecule has 19 heteroatoms. The van der Waals surface area contributed by atoms with Crippen molar-refractivity contribution in [2.45, 2.75) is 75.1 Å². The summed E-state index contributed by atoms with van der Waals surface area (Å²) in [5.41, 5.74) is -1.25. The fourth-order valence-corrected chi connectivity index (χ4v) is 4.69. The third kappa shape index (κ3) is 7.71. The van der Waals surface area contributed by atoms with Crippen molar-refractivity contribution in [3.63, 3.8) is 0 Å². The van der Waals surface area contributed by atoms with Gasteiger partial charge in [-0.1, -0.05) is 0 Å². The topological polar surface area (TPSA) is 239 Å². The van der Waals surface area contributed by atoms with Crippen molar-refractivity contribution >= 4 is 35.4 Å². The van der Waals surface area contributed by atoms with Gasteiger partial charge in [-0.05, 0) is 25.8 Å². The summed E-state index contributed by atoms with van der Waals surface area (Å²) in [5.74, 6) is -7.89. The molecule has 0 spiro atoms. The van der Waals surface area contributed by atoms with Crippen LogP contribution in [0, 0.1) is 0 Å². The van der Waals surface area contributed by atoms with Crippen molar-refractivity contribution in [3.8, 4) is 0 Å². The largest absolute Gasteiger partial charge is 0.469 e. The number of carbonyl (C=O) groups excluding carboxylic acids is 5. The van der Waals surface area contributed by atoms with E-state index in [2.05, 4.69) is 25.7 Å². The number of esters is 1. The van der Waals surface area contributed by atoms with Gasteiger partial charge in [0.25, 0.3) is 0 Å². The predicted molar refractivity (Wildman–Crippen MR) is 142 cm³/mol. The van der Waals surface area contributed by atoms with Crippen LogP contribution in [0.15, 0.2) is 17.1 Å². The molecule has 1 aromatic heterocycles. The van der Waals surface area contributed by atoms with E-state index in [1.165, 1.54) is 11.8 Å². The molecule has 2 fully saturated rings. The van der Waals surface area contributed by atoms with Gasteiger partial charge < -0.3 is 45.6 Å². The van der Waals surface area contributed by atoms with Crippen LogP contribution in [-0.4, -0.2) is 122 Å². The molecule has 4 amide bonds. The molecular formula is C25H34F2N6O11. The highest BCUT2D eigenvalue weighted by Crippen LogP contribution is 2.42. The maximum absolute atomic E-state index is 14.4. The molecular weight excluding hydrogens is 598 g/mol. The van der Waals surface area contributed by atoms with Gasteiger partial charge in [0, 0.05) is 19.2 Å². The monoisotopic (exact) mass is 632 g/mol. The Labute approximate surface area is 248 Å². The Morgan fingerprint density at radius 3 is 2.50 bits per heavy atom. The molecule has 2 aliphatic heterocycles. The van der Waals surface area contributed by atoms with E-state index >= 15 is 0 Å². The minimum atomic E-state index is -3.92. The summed E-state index contributed by atoms with van der Waals surface area (Å²) >= 11 is 0. The van der Waals surface area contributed by atoms with Gasteiger partial charge >= 0.3 is 17.6 Å². The summed E-state index contributed by atoms with van der Waals surface area (Å²) < 4.78 is 38.6. The fourth-order valence-electron chi connectivity index (χ4n) is 4.69. The first-order chi connectivity index (χ1) is 20.7. The Kier molecular flexibility index (Phi) is 11.4. The summed E-state index contributed by atoms with van der Waals surface area (Å²) in [6.07, 6.45) is -5.30. The number of halogens is 2. The molecule has 3 rings (SSSR count). The third-order valence-corrected chi connectivity index (χ3v) is 7.08. The van der Waals surface area contributed by atoms with E-state index in [9.17, 15) is 47.8 Å². The summed E-state index contributed by atoms with van der Waals surface area (Å²) in [6, 6.07) is -2.62. The molecule has 17 nitrogen and oxygen atoms in total. The highest BCUT2D eigenvalue weighted by atomic mass is 19.3. The van der Waals surface area contributed by atoms with Gasteiger partial charge in [-0.25, -0.2) is 4.79 Å². The number of methoxy groups -OCH3 is 1. The van der Waals surface area contributed by atoms with Gasteiger partial charge in [0.1, 0.15) is 30.0 Å². The number of ether oxygens (including phenoxy) is 2. The Morgan fingerprint density at radius 1 is 1.20 bits per heavy atom. The fraction of sp³-hybridized carbons (Fsp3) is 0.640. The first-order valence-corrected chi connectivity index (χ1v) is 13.5. The Morgan fingerprint density at radius 2 is 1.91 bits per heavy atom. The first kappa shape index (κ1) is 34.4. The van der Waals surface area contributed by atoms with Crippen LogP contribution in [0.25, 0.3) is 0 Å². The van der Waals surface area contributed by atoms with E-state index < -0.39 is 91.0 Å². The highest BCUT2D eigenvalue weighted by Gasteiger charge is 2.59. The number of alkyl halides is 2. The van der Waals surface area contributed by atoms with E-state index in [4.69, 9.17) is 9.84 Å². The summed E-state index contributed by atoms with van der Waals surface area (Å²) in [4.78, 5) is 79.1. The van der Waals surface area contributed by atoms with Crippen LogP contribution in [0.2, 0.25) is 0 Å². The number of aliphatic hydroxyl groups excluding tert-OH is 3. The number of amides is 4. The van der Waals surface area contributed by atoms with Crippen molar-refractivity contribution in [1.29, 1.82) is 0 Å². The van der Waals surface area contributed by atoms with Crippen molar-refractivity contribution < 1.29 is 57.5 Å². The lowest BCUT2D eigenvalue weighted by molar-refractivity contribution is -0.142. The second-order valence-electron chi connectivity index (χ2n) is 10.1. The van der Waals surface area contributed by atoms with Crippen LogP contribution < -0.4 is 21.6 Å². The van der Waals surface area contributed by atoms with E-state index in [0.717, 1.165) is 19.4 Å². The van der Waals surface area contributed by atoms with Gasteiger partial charge in [0.2, 0.25) is 29.9 Å². The standard InChI is InChI=1S/C25H34F2N6O11/c1-12(28-20(39)13(10-34)29-17(36)5-6-18(37)43-2)22(41)32-8-3-4-14(32)21(40)30-16-7-9-33(24(42)31-16)23-25(26,27)19(38)15(11-35)44-23/h7,9,12-15,19,23,34-35,38H,3-6,8,10-11H2,1-2H3,(H,28,39)(H,29,36)(H,30,31,40,42)/t12-,13+,14+,15?,19?,23?/m1/s1. The molecule has 2 saturated heterocycles. The van der Waals surface area contributed by atoms with E-state index in [1.807, 2.05) is 0 Å². The normalized spacial score (nSPS) is 23.8. The second kappa shape index (κ2) is 14.6. The van der Waals surface area contributed by atoms with Crippen molar-refractivity contribution in [2.24, 2.45) is 0 Å². The molecule has 0 radical (unpaired) electrons. The average Bonchev–Trinajstić information content (AvgIpc) is 3.57. The van der Waals surface area contributed by atoms with Gasteiger partial charge in [-0.2, -0.15) is 13.8 Å². The van der Waals surface area contributed by atoms with Crippen LogP contribution >= 0.6 is 0 Å². The molecule has 3 unspecified atom stereocenters. The van der Waals surface area contributed by atoms with Crippen LogP contribution in [0.4, 0.5) is 14.6 Å². The minimum Gasteiger partial charge on any atom is -0.469 e. The molecule has 3 heterocycles. The summed E-state index contributed by atoms with van der Waals surface area (Å²) in [6.45, 7) is -0.242. The second-order valence-corrected chi connectivity index (χ2v) is 10.1. The number of aliphatic hydroxyl groups is 3.